The molecule has 0 bridgehead atoms. The van der Waals surface area contributed by atoms with Crippen LogP contribution >= 0.6 is 23.4 Å². The number of amides is 1. The van der Waals surface area contributed by atoms with Crippen LogP contribution in [0.5, 0.6) is 0 Å². The number of rotatable bonds is 3. The number of fused-ring (bicyclic) bond motifs is 3. The molecular weight excluding hydrogens is 402 g/mol. The summed E-state index contributed by atoms with van der Waals surface area (Å²) in [4.78, 5) is 22.6. The average Bonchev–Trinajstić information content (AvgIpc) is 2.75. The van der Waals surface area contributed by atoms with Crippen molar-refractivity contribution in [2.75, 3.05) is 37.6 Å². The number of hydrogen-bond acceptors (Lipinski definition) is 4. The van der Waals surface area contributed by atoms with Crippen LogP contribution in [0.2, 0.25) is 5.02 Å². The Labute approximate surface area is 181 Å². The van der Waals surface area contributed by atoms with Crippen LogP contribution in [-0.4, -0.2) is 54.5 Å². The van der Waals surface area contributed by atoms with Crippen LogP contribution in [0.1, 0.15) is 25.7 Å². The molecule has 3 aliphatic heterocycles. The molecule has 29 heavy (non-hydrogen) atoms. The van der Waals surface area contributed by atoms with Crippen molar-refractivity contribution in [1.29, 1.82) is 0 Å². The maximum atomic E-state index is 13.4. The monoisotopic (exact) mass is 427 g/mol. The van der Waals surface area contributed by atoms with Gasteiger partial charge in [-0.25, -0.2) is 0 Å². The fraction of sp³-hybridized carbons (Fsp3) is 0.435. The summed E-state index contributed by atoms with van der Waals surface area (Å²) in [5, 5.41) is 0.662. The van der Waals surface area contributed by atoms with Crippen molar-refractivity contribution in [3.8, 4) is 0 Å². The number of para-hydroxylation sites is 1. The lowest BCUT2D eigenvalue weighted by Crippen LogP contribution is -2.55. The van der Waals surface area contributed by atoms with Crippen LogP contribution in [0.3, 0.4) is 0 Å². The third-order valence-electron chi connectivity index (χ3n) is 6.30. The van der Waals surface area contributed by atoms with Crippen molar-refractivity contribution in [1.82, 2.24) is 9.80 Å². The van der Waals surface area contributed by atoms with Gasteiger partial charge in [0.25, 0.3) is 0 Å². The summed E-state index contributed by atoms with van der Waals surface area (Å²) in [7, 11) is 0. The molecule has 0 N–H and O–H groups in total. The number of halogens is 1. The highest BCUT2D eigenvalue weighted by Gasteiger charge is 2.31. The number of anilines is 2. The van der Waals surface area contributed by atoms with Crippen LogP contribution in [-0.2, 0) is 4.79 Å². The molecule has 2 aromatic carbocycles. The highest BCUT2D eigenvalue weighted by atomic mass is 35.5. The molecule has 1 atom stereocenters. The van der Waals surface area contributed by atoms with E-state index < -0.39 is 0 Å². The van der Waals surface area contributed by atoms with Gasteiger partial charge in [-0.05, 0) is 49.7 Å². The lowest BCUT2D eigenvalue weighted by atomic mass is 9.99. The van der Waals surface area contributed by atoms with Gasteiger partial charge in [0.2, 0.25) is 5.91 Å². The van der Waals surface area contributed by atoms with E-state index in [0.29, 0.717) is 17.5 Å². The smallest absolute Gasteiger partial charge is 0.232 e. The molecule has 152 valence electrons. The molecule has 0 saturated carbocycles. The van der Waals surface area contributed by atoms with E-state index in [1.807, 2.05) is 41.3 Å². The van der Waals surface area contributed by atoms with Gasteiger partial charge >= 0.3 is 0 Å². The Balaban J connectivity index is 1.33. The SMILES string of the molecule is O=C(CCN1CCN2CCCC[C@@H]2C1)N1c2ccccc2Sc2ccc(Cl)cc21. The van der Waals surface area contributed by atoms with E-state index in [0.717, 1.165) is 47.3 Å². The van der Waals surface area contributed by atoms with Crippen LogP contribution in [0.15, 0.2) is 52.3 Å². The van der Waals surface area contributed by atoms with Crippen molar-refractivity contribution in [2.45, 2.75) is 41.5 Å². The molecule has 2 fully saturated rings. The topological polar surface area (TPSA) is 26.8 Å². The van der Waals surface area contributed by atoms with Gasteiger partial charge in [0.1, 0.15) is 0 Å². The standard InChI is InChI=1S/C23H26ClN3OS/c24-17-8-9-22-20(15-17)27(19-6-1-2-7-21(19)29-22)23(28)10-12-25-13-14-26-11-4-3-5-18(26)16-25/h1-2,6-9,15,18H,3-5,10-14,16H2/t18-/m1/s1. The van der Waals surface area contributed by atoms with Crippen LogP contribution < -0.4 is 4.90 Å². The van der Waals surface area contributed by atoms with Gasteiger partial charge < -0.3 is 0 Å². The molecule has 3 heterocycles. The van der Waals surface area contributed by atoms with E-state index in [4.69, 9.17) is 11.6 Å². The molecule has 0 aromatic heterocycles. The van der Waals surface area contributed by atoms with Gasteiger partial charge in [-0.15, -0.1) is 0 Å². The summed E-state index contributed by atoms with van der Waals surface area (Å²) in [6.45, 7) is 5.38. The first-order valence-corrected chi connectivity index (χ1v) is 11.7. The summed E-state index contributed by atoms with van der Waals surface area (Å²) in [5.74, 6) is 0.146. The molecule has 5 rings (SSSR count). The maximum absolute atomic E-state index is 13.4. The molecule has 4 nitrogen and oxygen atoms in total. The van der Waals surface area contributed by atoms with Crippen molar-refractivity contribution in [3.05, 3.63) is 47.5 Å². The van der Waals surface area contributed by atoms with Gasteiger partial charge in [0.15, 0.2) is 0 Å². The summed E-state index contributed by atoms with van der Waals surface area (Å²) in [6, 6.07) is 14.6. The molecule has 0 radical (unpaired) electrons. The lowest BCUT2D eigenvalue weighted by Gasteiger charge is -2.44. The van der Waals surface area contributed by atoms with Crippen molar-refractivity contribution in [2.24, 2.45) is 0 Å². The molecule has 6 heteroatoms. The second kappa shape index (κ2) is 8.31. The third-order valence-corrected chi connectivity index (χ3v) is 7.67. The quantitative estimate of drug-likeness (QED) is 0.686. The molecular formula is C23H26ClN3OS. The number of benzene rings is 2. The van der Waals surface area contributed by atoms with E-state index in [-0.39, 0.29) is 5.91 Å². The zero-order valence-electron chi connectivity index (χ0n) is 16.5. The molecule has 2 aromatic rings. The Bertz CT molecular complexity index is 921. The van der Waals surface area contributed by atoms with Gasteiger partial charge in [0, 0.05) is 53.5 Å². The highest BCUT2D eigenvalue weighted by molar-refractivity contribution is 7.99. The Morgan fingerprint density at radius 3 is 2.83 bits per heavy atom. The van der Waals surface area contributed by atoms with Gasteiger partial charge in [-0.2, -0.15) is 0 Å². The van der Waals surface area contributed by atoms with Crippen LogP contribution in [0.25, 0.3) is 0 Å². The Kier molecular flexibility index (Phi) is 5.57. The second-order valence-electron chi connectivity index (χ2n) is 8.15. The predicted molar refractivity (Wildman–Crippen MR) is 119 cm³/mol. The van der Waals surface area contributed by atoms with Crippen molar-refractivity contribution >= 4 is 40.6 Å². The van der Waals surface area contributed by atoms with Crippen LogP contribution in [0, 0.1) is 0 Å². The minimum Gasteiger partial charge on any atom is -0.300 e. The number of hydrogen-bond donors (Lipinski definition) is 0. The van der Waals surface area contributed by atoms with Crippen molar-refractivity contribution in [3.63, 3.8) is 0 Å². The van der Waals surface area contributed by atoms with Gasteiger partial charge in [0.05, 0.1) is 11.4 Å². The zero-order valence-corrected chi connectivity index (χ0v) is 18.1. The minimum absolute atomic E-state index is 0.146. The van der Waals surface area contributed by atoms with Crippen LogP contribution in [0.4, 0.5) is 11.4 Å². The zero-order chi connectivity index (χ0) is 19.8. The van der Waals surface area contributed by atoms with E-state index in [1.54, 1.807) is 11.8 Å². The third kappa shape index (κ3) is 3.93. The highest BCUT2D eigenvalue weighted by Crippen LogP contribution is 2.48. The first kappa shape index (κ1) is 19.4. The molecule has 0 aliphatic carbocycles. The first-order chi connectivity index (χ1) is 14.2. The Morgan fingerprint density at radius 1 is 1.03 bits per heavy atom. The van der Waals surface area contributed by atoms with E-state index >= 15 is 0 Å². The summed E-state index contributed by atoms with van der Waals surface area (Å²) >= 11 is 7.98. The number of carbonyl (C=O) groups excluding carboxylic acids is 1. The summed E-state index contributed by atoms with van der Waals surface area (Å²) < 4.78 is 0. The number of piperazine rings is 1. The largest absolute Gasteiger partial charge is 0.300 e. The van der Waals surface area contributed by atoms with Gasteiger partial charge in [-0.1, -0.05) is 41.9 Å². The van der Waals surface area contributed by atoms with E-state index in [2.05, 4.69) is 15.9 Å². The Hall–Kier alpha value is -1.53. The molecule has 3 aliphatic rings. The number of piperidine rings is 1. The number of carbonyl (C=O) groups is 1. The fourth-order valence-corrected chi connectivity index (χ4v) is 5.99. The lowest BCUT2D eigenvalue weighted by molar-refractivity contribution is -0.118. The molecule has 2 saturated heterocycles. The fourth-order valence-electron chi connectivity index (χ4n) is 4.79. The number of nitrogens with zero attached hydrogens (tertiary/aromatic N) is 3. The maximum Gasteiger partial charge on any atom is 0.232 e. The minimum atomic E-state index is 0.146. The predicted octanol–water partition coefficient (Wildman–Crippen LogP) is 5.03. The average molecular weight is 428 g/mol. The summed E-state index contributed by atoms with van der Waals surface area (Å²) in [5.41, 5.74) is 1.87. The molecule has 0 spiro atoms. The van der Waals surface area contributed by atoms with E-state index in [1.165, 1.54) is 25.8 Å². The first-order valence-electron chi connectivity index (χ1n) is 10.5. The van der Waals surface area contributed by atoms with Gasteiger partial charge in [-0.3, -0.25) is 19.5 Å². The summed E-state index contributed by atoms with van der Waals surface area (Å²) in [6.07, 6.45) is 4.50. The Morgan fingerprint density at radius 2 is 1.90 bits per heavy atom. The van der Waals surface area contributed by atoms with Crippen molar-refractivity contribution < 1.29 is 4.79 Å². The molecule has 1 amide bonds. The molecule has 0 unspecified atom stereocenters. The second-order valence-corrected chi connectivity index (χ2v) is 9.67. The normalized spacial score (nSPS) is 22.0. The van der Waals surface area contributed by atoms with E-state index in [9.17, 15) is 4.79 Å².